The van der Waals surface area contributed by atoms with Crippen LogP contribution in [0.2, 0.25) is 0 Å². The number of rotatable bonds is 3. The molecule has 0 saturated heterocycles. The minimum Gasteiger partial charge on any atom is -0.341 e. The molecule has 0 aromatic carbocycles. The SMILES string of the molecule is Cc1nc(C(C)(C)NC(=O)c2cnc3[nH]c(=O)[nH]c3c2)sc1C. The number of aryl methyl sites for hydroxylation is 2. The molecule has 0 saturated carbocycles. The van der Waals surface area contributed by atoms with Crippen molar-refractivity contribution in [3.8, 4) is 0 Å². The van der Waals surface area contributed by atoms with E-state index in [0.29, 0.717) is 16.7 Å². The van der Waals surface area contributed by atoms with Gasteiger partial charge in [0.25, 0.3) is 5.91 Å². The summed E-state index contributed by atoms with van der Waals surface area (Å²) >= 11 is 1.57. The van der Waals surface area contributed by atoms with Crippen molar-refractivity contribution in [2.24, 2.45) is 0 Å². The Bertz CT molecular complexity index is 931. The van der Waals surface area contributed by atoms with E-state index in [0.717, 1.165) is 15.6 Å². The zero-order chi connectivity index (χ0) is 16.8. The normalized spacial score (nSPS) is 11.8. The number of carbonyl (C=O) groups is 1. The number of hydrogen-bond acceptors (Lipinski definition) is 5. The Morgan fingerprint density at radius 2 is 2.04 bits per heavy atom. The second-order valence-electron chi connectivity index (χ2n) is 5.94. The Morgan fingerprint density at radius 1 is 1.30 bits per heavy atom. The van der Waals surface area contributed by atoms with Crippen LogP contribution in [0.1, 0.15) is 39.8 Å². The van der Waals surface area contributed by atoms with Crippen LogP contribution in [0.4, 0.5) is 0 Å². The van der Waals surface area contributed by atoms with Crippen LogP contribution in [0.5, 0.6) is 0 Å². The molecule has 0 aliphatic rings. The van der Waals surface area contributed by atoms with E-state index in [2.05, 4.69) is 25.3 Å². The quantitative estimate of drug-likeness (QED) is 0.683. The zero-order valence-corrected chi connectivity index (χ0v) is 14.1. The predicted octanol–water partition coefficient (Wildman–Crippen LogP) is 1.99. The third kappa shape index (κ3) is 2.89. The summed E-state index contributed by atoms with van der Waals surface area (Å²) in [6.45, 7) is 7.78. The van der Waals surface area contributed by atoms with Crippen molar-refractivity contribution in [3.63, 3.8) is 0 Å². The molecule has 0 bridgehead atoms. The van der Waals surface area contributed by atoms with Crippen molar-refractivity contribution < 1.29 is 4.79 Å². The molecule has 3 aromatic heterocycles. The van der Waals surface area contributed by atoms with Gasteiger partial charge in [0.1, 0.15) is 5.01 Å². The number of hydrogen-bond donors (Lipinski definition) is 3. The van der Waals surface area contributed by atoms with Crippen molar-refractivity contribution in [1.82, 2.24) is 25.3 Å². The molecule has 0 atom stereocenters. The van der Waals surface area contributed by atoms with Crippen molar-refractivity contribution in [3.05, 3.63) is 43.9 Å². The number of nitrogens with one attached hydrogen (secondary N) is 3. The Kier molecular flexibility index (Phi) is 3.56. The Hall–Kier alpha value is -2.48. The maximum atomic E-state index is 12.5. The Balaban J connectivity index is 1.88. The molecule has 120 valence electrons. The van der Waals surface area contributed by atoms with Crippen LogP contribution in [0.15, 0.2) is 17.1 Å². The molecule has 3 heterocycles. The maximum absolute atomic E-state index is 12.5. The van der Waals surface area contributed by atoms with Gasteiger partial charge < -0.3 is 10.3 Å². The highest BCUT2D eigenvalue weighted by Crippen LogP contribution is 2.27. The van der Waals surface area contributed by atoms with Gasteiger partial charge in [-0.2, -0.15) is 0 Å². The minimum atomic E-state index is -0.596. The van der Waals surface area contributed by atoms with Gasteiger partial charge in [-0.05, 0) is 33.8 Å². The van der Waals surface area contributed by atoms with E-state index in [-0.39, 0.29) is 11.6 Å². The van der Waals surface area contributed by atoms with Crippen molar-refractivity contribution in [2.45, 2.75) is 33.2 Å². The van der Waals surface area contributed by atoms with Gasteiger partial charge in [0, 0.05) is 11.1 Å². The van der Waals surface area contributed by atoms with E-state index < -0.39 is 5.54 Å². The lowest BCUT2D eigenvalue weighted by Gasteiger charge is -2.23. The molecule has 0 aliphatic heterocycles. The van der Waals surface area contributed by atoms with Crippen LogP contribution in [0, 0.1) is 13.8 Å². The van der Waals surface area contributed by atoms with Crippen LogP contribution in [0.25, 0.3) is 11.2 Å². The first-order valence-corrected chi connectivity index (χ1v) is 7.93. The van der Waals surface area contributed by atoms with E-state index in [1.165, 1.54) is 6.20 Å². The molecule has 8 heteroatoms. The topological polar surface area (TPSA) is 104 Å². The average molecular weight is 331 g/mol. The number of H-pyrrole nitrogens is 2. The van der Waals surface area contributed by atoms with Gasteiger partial charge in [-0.25, -0.2) is 14.8 Å². The lowest BCUT2D eigenvalue weighted by Crippen LogP contribution is -2.41. The molecule has 0 radical (unpaired) electrons. The van der Waals surface area contributed by atoms with Crippen LogP contribution in [-0.4, -0.2) is 25.8 Å². The number of aromatic nitrogens is 4. The molecule has 3 N–H and O–H groups in total. The lowest BCUT2D eigenvalue weighted by atomic mass is 10.1. The summed E-state index contributed by atoms with van der Waals surface area (Å²) in [6, 6.07) is 1.60. The Morgan fingerprint density at radius 3 is 2.70 bits per heavy atom. The molecular weight excluding hydrogens is 314 g/mol. The van der Waals surface area contributed by atoms with E-state index in [1.54, 1.807) is 17.4 Å². The van der Waals surface area contributed by atoms with Crippen LogP contribution in [-0.2, 0) is 5.54 Å². The largest absolute Gasteiger partial charge is 0.341 e. The highest BCUT2D eigenvalue weighted by atomic mass is 32.1. The molecule has 0 aliphatic carbocycles. The summed E-state index contributed by atoms with van der Waals surface area (Å²) in [7, 11) is 0. The highest BCUT2D eigenvalue weighted by Gasteiger charge is 2.27. The lowest BCUT2D eigenvalue weighted by molar-refractivity contribution is 0.0911. The predicted molar refractivity (Wildman–Crippen MR) is 88.8 cm³/mol. The van der Waals surface area contributed by atoms with Gasteiger partial charge in [-0.3, -0.25) is 9.78 Å². The molecule has 3 rings (SSSR count). The van der Waals surface area contributed by atoms with Gasteiger partial charge in [0.15, 0.2) is 5.65 Å². The fourth-order valence-corrected chi connectivity index (χ4v) is 3.17. The molecule has 3 aromatic rings. The first kappa shape index (κ1) is 15.4. The number of aromatic amines is 2. The first-order chi connectivity index (χ1) is 10.8. The average Bonchev–Trinajstić information content (AvgIpc) is 3.00. The fourth-order valence-electron chi connectivity index (χ4n) is 2.19. The molecule has 23 heavy (non-hydrogen) atoms. The number of carbonyl (C=O) groups excluding carboxylic acids is 1. The van der Waals surface area contributed by atoms with Gasteiger partial charge in [-0.1, -0.05) is 0 Å². The second-order valence-corrected chi connectivity index (χ2v) is 7.14. The number of amides is 1. The van der Waals surface area contributed by atoms with Crippen molar-refractivity contribution in [1.29, 1.82) is 0 Å². The fraction of sp³-hybridized carbons (Fsp3) is 0.333. The smallest absolute Gasteiger partial charge is 0.325 e. The number of fused-ring (bicyclic) bond motifs is 1. The van der Waals surface area contributed by atoms with E-state index >= 15 is 0 Å². The number of pyridine rings is 1. The maximum Gasteiger partial charge on any atom is 0.325 e. The number of nitrogens with zero attached hydrogens (tertiary/aromatic N) is 2. The van der Waals surface area contributed by atoms with E-state index in [1.807, 2.05) is 27.7 Å². The summed E-state index contributed by atoms with van der Waals surface area (Å²) in [6.07, 6.45) is 1.44. The monoisotopic (exact) mass is 331 g/mol. The van der Waals surface area contributed by atoms with Gasteiger partial charge in [-0.15, -0.1) is 11.3 Å². The van der Waals surface area contributed by atoms with Crippen LogP contribution >= 0.6 is 11.3 Å². The molecular formula is C15H17N5O2S. The summed E-state index contributed by atoms with van der Waals surface area (Å²) in [5, 5.41) is 3.82. The Labute approximate surface area is 136 Å². The third-order valence-electron chi connectivity index (χ3n) is 3.62. The molecule has 1 amide bonds. The molecule has 0 fully saturated rings. The highest BCUT2D eigenvalue weighted by molar-refractivity contribution is 7.11. The summed E-state index contributed by atoms with van der Waals surface area (Å²) in [5.74, 6) is -0.267. The van der Waals surface area contributed by atoms with Crippen molar-refractivity contribution >= 4 is 28.4 Å². The number of imidazole rings is 1. The second kappa shape index (κ2) is 5.31. The van der Waals surface area contributed by atoms with Crippen LogP contribution < -0.4 is 11.0 Å². The van der Waals surface area contributed by atoms with Crippen LogP contribution in [0.3, 0.4) is 0 Å². The molecule has 0 unspecified atom stereocenters. The third-order valence-corrected chi connectivity index (χ3v) is 5.02. The summed E-state index contributed by atoms with van der Waals surface area (Å²) in [4.78, 5) is 38.6. The van der Waals surface area contributed by atoms with Crippen molar-refractivity contribution in [2.75, 3.05) is 0 Å². The van der Waals surface area contributed by atoms with Gasteiger partial charge in [0.05, 0.1) is 22.3 Å². The van der Waals surface area contributed by atoms with Gasteiger partial charge in [0.2, 0.25) is 0 Å². The van der Waals surface area contributed by atoms with E-state index in [4.69, 9.17) is 0 Å². The van der Waals surface area contributed by atoms with Gasteiger partial charge >= 0.3 is 5.69 Å². The standard InChI is InChI=1S/C15H17N5O2S/c1-7-8(2)23-13(17-7)15(3,4)20-12(21)9-5-10-11(16-6-9)19-14(22)18-10/h5-6H,1-4H3,(H,20,21)(H2,16,18,19,22). The molecule has 0 spiro atoms. The summed E-state index contributed by atoms with van der Waals surface area (Å²) in [5.41, 5.74) is 1.34. The first-order valence-electron chi connectivity index (χ1n) is 7.11. The minimum absolute atomic E-state index is 0.267. The summed E-state index contributed by atoms with van der Waals surface area (Å²) < 4.78 is 0. The molecule has 7 nitrogen and oxygen atoms in total. The number of thiazole rings is 1. The zero-order valence-electron chi connectivity index (χ0n) is 13.3. The van der Waals surface area contributed by atoms with E-state index in [9.17, 15) is 9.59 Å².